The molecule has 2 fully saturated rings. The lowest BCUT2D eigenvalue weighted by Gasteiger charge is -2.41. The van der Waals surface area contributed by atoms with E-state index >= 15 is 0 Å². The van der Waals surface area contributed by atoms with Gasteiger partial charge in [0.05, 0.1) is 0 Å². The molecule has 2 aliphatic heterocycles. The summed E-state index contributed by atoms with van der Waals surface area (Å²) in [5.41, 5.74) is -0.780. The van der Waals surface area contributed by atoms with E-state index in [-0.39, 0.29) is 23.9 Å². The number of rotatable bonds is 3. The summed E-state index contributed by atoms with van der Waals surface area (Å²) in [4.78, 5) is 42.0. The van der Waals surface area contributed by atoms with E-state index in [2.05, 4.69) is 0 Å². The highest BCUT2D eigenvalue weighted by molar-refractivity contribution is 6.06. The average Bonchev–Trinajstić information content (AvgIpc) is 3.17. The molecule has 0 aromatic carbocycles. The molecule has 7 nitrogen and oxygen atoms in total. The molecule has 130 valence electrons. The van der Waals surface area contributed by atoms with Crippen LogP contribution < -0.4 is 0 Å². The number of carbonyl (C=O) groups is 3. The third-order valence-corrected chi connectivity index (χ3v) is 5.48. The fourth-order valence-corrected chi connectivity index (χ4v) is 3.88. The maximum atomic E-state index is 12.9. The van der Waals surface area contributed by atoms with Gasteiger partial charge in [-0.3, -0.25) is 14.5 Å². The lowest BCUT2D eigenvalue weighted by atomic mass is 9.86. The van der Waals surface area contributed by atoms with E-state index in [1.54, 1.807) is 11.9 Å². The number of amides is 4. The molecule has 0 unspecified atom stereocenters. The molecule has 3 heterocycles. The zero-order valence-corrected chi connectivity index (χ0v) is 14.4. The minimum atomic E-state index is -0.780. The lowest BCUT2D eigenvalue weighted by Crippen LogP contribution is -2.56. The van der Waals surface area contributed by atoms with E-state index < -0.39 is 5.54 Å². The zero-order valence-electron chi connectivity index (χ0n) is 14.4. The molecule has 2 saturated heterocycles. The van der Waals surface area contributed by atoms with Gasteiger partial charge >= 0.3 is 6.03 Å². The van der Waals surface area contributed by atoms with Crippen LogP contribution in [0.3, 0.4) is 0 Å². The number of nitrogens with zero attached hydrogens (tertiary/aromatic N) is 4. The van der Waals surface area contributed by atoms with Crippen LogP contribution in [-0.2, 0) is 9.59 Å². The normalized spacial score (nSPS) is 21.7. The summed E-state index contributed by atoms with van der Waals surface area (Å²) in [6.07, 6.45) is 5.51. The van der Waals surface area contributed by atoms with E-state index in [0.29, 0.717) is 25.9 Å². The van der Waals surface area contributed by atoms with Crippen LogP contribution in [0.1, 0.15) is 32.2 Å². The molecule has 7 heteroatoms. The topological polar surface area (TPSA) is 65.9 Å². The molecule has 1 aromatic rings. The highest BCUT2D eigenvalue weighted by Crippen LogP contribution is 2.36. The van der Waals surface area contributed by atoms with E-state index in [1.165, 1.54) is 11.9 Å². The monoisotopic (exact) mass is 332 g/mol. The summed E-state index contributed by atoms with van der Waals surface area (Å²) < 4.78 is 1.93. The summed E-state index contributed by atoms with van der Waals surface area (Å²) in [6, 6.07) is 3.35. The van der Waals surface area contributed by atoms with Crippen molar-refractivity contribution >= 4 is 17.8 Å². The Kier molecular flexibility index (Phi) is 4.11. The van der Waals surface area contributed by atoms with E-state index in [0.717, 1.165) is 6.42 Å². The first kappa shape index (κ1) is 16.5. The lowest BCUT2D eigenvalue weighted by molar-refractivity contribution is -0.142. The van der Waals surface area contributed by atoms with Gasteiger partial charge in [0.25, 0.3) is 5.91 Å². The zero-order chi connectivity index (χ0) is 17.5. The van der Waals surface area contributed by atoms with Gasteiger partial charge in [0, 0.05) is 39.6 Å². The first-order valence-electron chi connectivity index (χ1n) is 8.39. The Morgan fingerprint density at radius 3 is 2.21 bits per heavy atom. The first-order chi connectivity index (χ1) is 11.4. The van der Waals surface area contributed by atoms with Crippen LogP contribution >= 0.6 is 0 Å². The Morgan fingerprint density at radius 1 is 1.17 bits per heavy atom. The number of urea groups is 1. The van der Waals surface area contributed by atoms with Crippen molar-refractivity contribution in [2.24, 2.45) is 0 Å². The molecule has 1 spiro atoms. The van der Waals surface area contributed by atoms with Crippen molar-refractivity contribution in [3.63, 3.8) is 0 Å². The summed E-state index contributed by atoms with van der Waals surface area (Å²) in [6.45, 7) is 2.98. The highest BCUT2D eigenvalue weighted by Gasteiger charge is 2.55. The predicted molar refractivity (Wildman–Crippen MR) is 88.2 cm³/mol. The fourth-order valence-electron chi connectivity index (χ4n) is 3.88. The van der Waals surface area contributed by atoms with Gasteiger partial charge in [-0.15, -0.1) is 0 Å². The van der Waals surface area contributed by atoms with Crippen LogP contribution in [0.4, 0.5) is 4.79 Å². The van der Waals surface area contributed by atoms with Crippen LogP contribution in [0, 0.1) is 0 Å². The molecule has 1 atom stereocenters. The van der Waals surface area contributed by atoms with Gasteiger partial charge in [0.2, 0.25) is 5.91 Å². The van der Waals surface area contributed by atoms with Crippen LogP contribution in [0.5, 0.6) is 0 Å². The fraction of sp³-hybridized carbons (Fsp3) is 0.588. The minimum Gasteiger partial charge on any atom is -0.342 e. The largest absolute Gasteiger partial charge is 0.342 e. The van der Waals surface area contributed by atoms with Crippen molar-refractivity contribution < 1.29 is 14.4 Å². The van der Waals surface area contributed by atoms with Gasteiger partial charge in [0.1, 0.15) is 11.6 Å². The molecule has 24 heavy (non-hydrogen) atoms. The van der Waals surface area contributed by atoms with Crippen LogP contribution in [-0.4, -0.2) is 69.8 Å². The molecule has 0 saturated carbocycles. The summed E-state index contributed by atoms with van der Waals surface area (Å²) in [5.74, 6) is -0.0733. The molecule has 0 aliphatic carbocycles. The Hall–Kier alpha value is -2.31. The third kappa shape index (κ3) is 2.30. The first-order valence-corrected chi connectivity index (χ1v) is 8.39. The number of aromatic nitrogens is 1. The third-order valence-electron chi connectivity index (χ3n) is 5.48. The van der Waals surface area contributed by atoms with Crippen molar-refractivity contribution in [3.05, 3.63) is 24.5 Å². The average molecular weight is 332 g/mol. The van der Waals surface area contributed by atoms with Crippen molar-refractivity contribution in [1.82, 2.24) is 19.3 Å². The number of piperidine rings is 1. The standard InChI is InChI=1S/C17H24N4O3/c1-4-13(20-9-5-6-10-20)14(22)21-11-7-17(8-12-21)15(23)18(2)16(24)19(17)3/h5-6,9-10,13H,4,7-8,11-12H2,1-3H3/t13-/m0/s1. The van der Waals surface area contributed by atoms with Crippen LogP contribution in [0.25, 0.3) is 0 Å². The smallest absolute Gasteiger partial charge is 0.327 e. The second kappa shape index (κ2) is 5.96. The number of hydrogen-bond acceptors (Lipinski definition) is 3. The molecule has 4 amide bonds. The van der Waals surface area contributed by atoms with Gasteiger partial charge in [-0.05, 0) is 31.4 Å². The highest BCUT2D eigenvalue weighted by atomic mass is 16.2. The van der Waals surface area contributed by atoms with Gasteiger partial charge in [-0.2, -0.15) is 0 Å². The number of carbonyl (C=O) groups excluding carboxylic acids is 3. The molecular formula is C17H24N4O3. The molecule has 0 radical (unpaired) electrons. The Bertz CT molecular complexity index is 647. The van der Waals surface area contributed by atoms with E-state index in [1.807, 2.05) is 40.9 Å². The molecule has 2 aliphatic rings. The van der Waals surface area contributed by atoms with Crippen molar-refractivity contribution in [3.8, 4) is 0 Å². The number of hydrogen-bond donors (Lipinski definition) is 0. The Morgan fingerprint density at radius 2 is 1.75 bits per heavy atom. The van der Waals surface area contributed by atoms with E-state index in [4.69, 9.17) is 0 Å². The second-order valence-electron chi connectivity index (χ2n) is 6.62. The molecule has 1 aromatic heterocycles. The SMILES string of the molecule is CC[C@@H](C(=O)N1CCC2(CC1)C(=O)N(C)C(=O)N2C)n1cccc1. The molecule has 3 rings (SSSR count). The van der Waals surface area contributed by atoms with Crippen LogP contribution in [0.2, 0.25) is 0 Å². The second-order valence-corrected chi connectivity index (χ2v) is 6.62. The molecule has 0 N–H and O–H groups in total. The summed E-state index contributed by atoms with van der Waals surface area (Å²) in [7, 11) is 3.20. The van der Waals surface area contributed by atoms with Crippen molar-refractivity contribution in [2.45, 2.75) is 37.8 Å². The van der Waals surface area contributed by atoms with Crippen LogP contribution in [0.15, 0.2) is 24.5 Å². The van der Waals surface area contributed by atoms with Gasteiger partial charge in [0.15, 0.2) is 0 Å². The number of likely N-dealkylation sites (N-methyl/N-ethyl adjacent to an activating group) is 2. The van der Waals surface area contributed by atoms with Crippen molar-refractivity contribution in [1.29, 1.82) is 0 Å². The minimum absolute atomic E-state index is 0.0799. The van der Waals surface area contributed by atoms with Crippen molar-refractivity contribution in [2.75, 3.05) is 27.2 Å². The predicted octanol–water partition coefficient (Wildman–Crippen LogP) is 1.32. The maximum Gasteiger partial charge on any atom is 0.327 e. The summed E-state index contributed by atoms with van der Waals surface area (Å²) >= 11 is 0. The van der Waals surface area contributed by atoms with Gasteiger partial charge < -0.3 is 14.4 Å². The van der Waals surface area contributed by atoms with E-state index in [9.17, 15) is 14.4 Å². The quantitative estimate of drug-likeness (QED) is 0.784. The number of imide groups is 1. The molecule has 0 bridgehead atoms. The van der Waals surface area contributed by atoms with Gasteiger partial charge in [-0.1, -0.05) is 6.92 Å². The maximum absolute atomic E-state index is 12.9. The number of likely N-dealkylation sites (tertiary alicyclic amines) is 1. The Labute approximate surface area is 141 Å². The molecular weight excluding hydrogens is 308 g/mol. The summed E-state index contributed by atoms with van der Waals surface area (Å²) in [5, 5.41) is 0. The van der Waals surface area contributed by atoms with Gasteiger partial charge in [-0.25, -0.2) is 4.79 Å². The Balaban J connectivity index is 1.72.